The third-order valence-electron chi connectivity index (χ3n) is 3.82. The molecular weight excluding hydrogens is 232 g/mol. The fourth-order valence-corrected chi connectivity index (χ4v) is 2.96. The summed E-state index contributed by atoms with van der Waals surface area (Å²) in [5, 5.41) is 4.19. The smallest absolute Gasteiger partial charge is 0.152 e. The van der Waals surface area contributed by atoms with Gasteiger partial charge in [-0.05, 0) is 37.3 Å². The van der Waals surface area contributed by atoms with E-state index in [1.54, 1.807) is 6.20 Å². The van der Waals surface area contributed by atoms with Crippen LogP contribution in [0.5, 0.6) is 0 Å². The SMILES string of the molecule is CCC1CCCC(Nc2c(C)ccnc2Cl)C1. The number of nitrogens with one attached hydrogen (secondary N) is 1. The van der Waals surface area contributed by atoms with E-state index < -0.39 is 0 Å². The highest BCUT2D eigenvalue weighted by atomic mass is 35.5. The van der Waals surface area contributed by atoms with Crippen molar-refractivity contribution < 1.29 is 0 Å². The van der Waals surface area contributed by atoms with Crippen LogP contribution in [-0.2, 0) is 0 Å². The van der Waals surface area contributed by atoms with Crippen molar-refractivity contribution in [1.29, 1.82) is 0 Å². The van der Waals surface area contributed by atoms with E-state index in [4.69, 9.17) is 11.6 Å². The molecule has 0 bridgehead atoms. The Morgan fingerprint density at radius 2 is 2.29 bits per heavy atom. The number of hydrogen-bond acceptors (Lipinski definition) is 2. The van der Waals surface area contributed by atoms with Gasteiger partial charge in [0, 0.05) is 12.2 Å². The fourth-order valence-electron chi connectivity index (χ4n) is 2.70. The summed E-state index contributed by atoms with van der Waals surface area (Å²) in [5.74, 6) is 0.872. The normalized spacial score (nSPS) is 24.6. The molecule has 94 valence electrons. The van der Waals surface area contributed by atoms with Gasteiger partial charge >= 0.3 is 0 Å². The van der Waals surface area contributed by atoms with E-state index in [-0.39, 0.29) is 0 Å². The highest BCUT2D eigenvalue weighted by Gasteiger charge is 2.21. The summed E-state index contributed by atoms with van der Waals surface area (Å²) >= 11 is 6.15. The fraction of sp³-hybridized carbons (Fsp3) is 0.643. The average molecular weight is 253 g/mol. The average Bonchev–Trinajstić information content (AvgIpc) is 2.34. The molecule has 1 aliphatic carbocycles. The van der Waals surface area contributed by atoms with Gasteiger partial charge in [-0.2, -0.15) is 0 Å². The van der Waals surface area contributed by atoms with Gasteiger partial charge in [0.25, 0.3) is 0 Å². The largest absolute Gasteiger partial charge is 0.380 e. The monoisotopic (exact) mass is 252 g/mol. The Morgan fingerprint density at radius 1 is 1.47 bits per heavy atom. The molecule has 0 aromatic carbocycles. The first-order chi connectivity index (χ1) is 8.20. The molecule has 0 radical (unpaired) electrons. The maximum atomic E-state index is 6.15. The van der Waals surface area contributed by atoms with Crippen molar-refractivity contribution in [3.05, 3.63) is 23.0 Å². The Labute approximate surface area is 109 Å². The zero-order chi connectivity index (χ0) is 12.3. The summed E-state index contributed by atoms with van der Waals surface area (Å²) in [6.07, 6.45) is 8.28. The molecule has 2 unspecified atom stereocenters. The molecule has 1 saturated carbocycles. The Hall–Kier alpha value is -0.760. The van der Waals surface area contributed by atoms with Crippen LogP contribution < -0.4 is 5.32 Å². The molecule has 2 nitrogen and oxygen atoms in total. The topological polar surface area (TPSA) is 24.9 Å². The van der Waals surface area contributed by atoms with E-state index in [0.29, 0.717) is 11.2 Å². The molecule has 17 heavy (non-hydrogen) atoms. The molecule has 1 N–H and O–H groups in total. The minimum absolute atomic E-state index is 0.564. The first kappa shape index (κ1) is 12.7. The Morgan fingerprint density at radius 3 is 3.00 bits per heavy atom. The quantitative estimate of drug-likeness (QED) is 0.806. The number of anilines is 1. The van der Waals surface area contributed by atoms with Crippen LogP contribution in [0.3, 0.4) is 0 Å². The second-order valence-corrected chi connectivity index (χ2v) is 5.43. The van der Waals surface area contributed by atoms with Gasteiger partial charge in [-0.25, -0.2) is 4.98 Å². The number of hydrogen-bond donors (Lipinski definition) is 1. The Bertz CT molecular complexity index is 358. The number of nitrogens with zero attached hydrogens (tertiary/aromatic N) is 1. The summed E-state index contributed by atoms with van der Waals surface area (Å²) in [6.45, 7) is 4.37. The van der Waals surface area contributed by atoms with Crippen molar-refractivity contribution in [1.82, 2.24) is 4.98 Å². The van der Waals surface area contributed by atoms with Gasteiger partial charge in [-0.3, -0.25) is 0 Å². The van der Waals surface area contributed by atoms with Gasteiger partial charge in [0.05, 0.1) is 5.69 Å². The number of halogens is 1. The molecule has 1 heterocycles. The standard InChI is InChI=1S/C14H21ClN2/c1-3-11-5-4-6-12(9-11)17-13-10(2)7-8-16-14(13)15/h7-8,11-12,17H,3-6,9H2,1-2H3. The van der Waals surface area contributed by atoms with Crippen LogP contribution in [0.1, 0.15) is 44.6 Å². The van der Waals surface area contributed by atoms with Crippen LogP contribution in [-0.4, -0.2) is 11.0 Å². The summed E-state index contributed by atoms with van der Waals surface area (Å²) in [7, 11) is 0. The van der Waals surface area contributed by atoms with E-state index in [0.717, 1.165) is 11.6 Å². The Kier molecular flexibility index (Phi) is 4.27. The molecule has 2 rings (SSSR count). The van der Waals surface area contributed by atoms with Crippen LogP contribution in [0.2, 0.25) is 5.15 Å². The zero-order valence-electron chi connectivity index (χ0n) is 10.7. The number of pyridine rings is 1. The lowest BCUT2D eigenvalue weighted by molar-refractivity contribution is 0.327. The second-order valence-electron chi connectivity index (χ2n) is 5.08. The lowest BCUT2D eigenvalue weighted by Gasteiger charge is -2.30. The minimum atomic E-state index is 0.564. The van der Waals surface area contributed by atoms with Gasteiger partial charge in [0.15, 0.2) is 5.15 Å². The summed E-state index contributed by atoms with van der Waals surface area (Å²) < 4.78 is 0. The first-order valence-electron chi connectivity index (χ1n) is 6.58. The Balaban J connectivity index is 2.05. The molecule has 1 aliphatic rings. The number of rotatable bonds is 3. The minimum Gasteiger partial charge on any atom is -0.380 e. The van der Waals surface area contributed by atoms with Gasteiger partial charge in [-0.1, -0.05) is 37.8 Å². The van der Waals surface area contributed by atoms with Crippen LogP contribution in [0.15, 0.2) is 12.3 Å². The van der Waals surface area contributed by atoms with Crippen LogP contribution in [0.4, 0.5) is 5.69 Å². The van der Waals surface area contributed by atoms with Crippen molar-refractivity contribution >= 4 is 17.3 Å². The molecular formula is C14H21ClN2. The third-order valence-corrected chi connectivity index (χ3v) is 4.11. The van der Waals surface area contributed by atoms with Crippen molar-refractivity contribution in [2.45, 2.75) is 52.0 Å². The van der Waals surface area contributed by atoms with Crippen LogP contribution >= 0.6 is 11.6 Å². The predicted octanol–water partition coefficient (Wildman–Crippen LogP) is 4.42. The summed E-state index contributed by atoms with van der Waals surface area (Å²) in [6, 6.07) is 2.57. The molecule has 1 fully saturated rings. The maximum absolute atomic E-state index is 6.15. The van der Waals surface area contributed by atoms with E-state index in [2.05, 4.69) is 24.1 Å². The van der Waals surface area contributed by atoms with Crippen molar-refractivity contribution in [2.24, 2.45) is 5.92 Å². The van der Waals surface area contributed by atoms with Crippen molar-refractivity contribution in [2.75, 3.05) is 5.32 Å². The van der Waals surface area contributed by atoms with Crippen LogP contribution in [0.25, 0.3) is 0 Å². The van der Waals surface area contributed by atoms with E-state index in [9.17, 15) is 0 Å². The molecule has 0 amide bonds. The molecule has 0 aliphatic heterocycles. The van der Waals surface area contributed by atoms with E-state index in [1.165, 1.54) is 37.7 Å². The summed E-state index contributed by atoms with van der Waals surface area (Å²) in [4.78, 5) is 4.15. The van der Waals surface area contributed by atoms with Gasteiger partial charge in [0.1, 0.15) is 0 Å². The highest BCUT2D eigenvalue weighted by Crippen LogP contribution is 2.31. The highest BCUT2D eigenvalue weighted by molar-refractivity contribution is 6.32. The van der Waals surface area contributed by atoms with Gasteiger partial charge < -0.3 is 5.32 Å². The van der Waals surface area contributed by atoms with Crippen molar-refractivity contribution in [3.8, 4) is 0 Å². The molecule has 3 heteroatoms. The molecule has 1 aromatic rings. The van der Waals surface area contributed by atoms with E-state index >= 15 is 0 Å². The first-order valence-corrected chi connectivity index (χ1v) is 6.96. The zero-order valence-corrected chi connectivity index (χ0v) is 11.4. The predicted molar refractivity (Wildman–Crippen MR) is 73.6 cm³/mol. The lowest BCUT2D eigenvalue weighted by Crippen LogP contribution is -2.27. The van der Waals surface area contributed by atoms with Gasteiger partial charge in [0.2, 0.25) is 0 Å². The number of aromatic nitrogens is 1. The second kappa shape index (κ2) is 5.72. The van der Waals surface area contributed by atoms with Crippen molar-refractivity contribution in [3.63, 3.8) is 0 Å². The molecule has 0 spiro atoms. The van der Waals surface area contributed by atoms with Gasteiger partial charge in [-0.15, -0.1) is 0 Å². The lowest BCUT2D eigenvalue weighted by atomic mass is 9.84. The maximum Gasteiger partial charge on any atom is 0.152 e. The molecule has 2 atom stereocenters. The van der Waals surface area contributed by atoms with Crippen LogP contribution in [0, 0.1) is 12.8 Å². The molecule has 0 saturated heterocycles. The number of aryl methyl sites for hydroxylation is 1. The van der Waals surface area contributed by atoms with E-state index in [1.807, 2.05) is 6.07 Å². The molecule has 1 aromatic heterocycles. The third kappa shape index (κ3) is 3.12. The summed E-state index contributed by atoms with van der Waals surface area (Å²) in [5.41, 5.74) is 2.21.